The Balaban J connectivity index is -0.000000521. The number of hydrogen-bond donors (Lipinski definition) is 1. The van der Waals surface area contributed by atoms with Crippen LogP contribution in [0.3, 0.4) is 0 Å². The average Bonchev–Trinajstić information content (AvgIpc) is 2.56. The third-order valence-electron chi connectivity index (χ3n) is 5.02. The monoisotopic (exact) mass is 402 g/mol. The second-order valence-corrected chi connectivity index (χ2v) is 7.88. The Bertz CT molecular complexity index is 390. The molecule has 0 radical (unpaired) electrons. The summed E-state index contributed by atoms with van der Waals surface area (Å²) in [6, 6.07) is 0. The first kappa shape index (κ1) is 33.2. The molecule has 0 aliphatic heterocycles. The topological polar surface area (TPSA) is 63.6 Å². The zero-order chi connectivity index (χ0) is 19.7. The van der Waals surface area contributed by atoms with Crippen molar-refractivity contribution >= 4 is 11.9 Å². The molecule has 0 aromatic rings. The first-order valence-electron chi connectivity index (χ1n) is 10.9. The van der Waals surface area contributed by atoms with Crippen molar-refractivity contribution in [3.05, 3.63) is 0 Å². The third-order valence-corrected chi connectivity index (χ3v) is 5.02. The van der Waals surface area contributed by atoms with Crippen molar-refractivity contribution < 1.29 is 70.7 Å². The quantitative estimate of drug-likeness (QED) is 0.160. The van der Waals surface area contributed by atoms with Gasteiger partial charge in [0.15, 0.2) is 0 Å². The van der Waals surface area contributed by atoms with Crippen LogP contribution >= 0.6 is 0 Å². The summed E-state index contributed by atoms with van der Waals surface area (Å²) >= 11 is 0. The smallest absolute Gasteiger partial charge is 1.00 e. The number of ether oxygens (including phenoxy) is 1. The summed E-state index contributed by atoms with van der Waals surface area (Å²) < 4.78 is 5.56. The van der Waals surface area contributed by atoms with Gasteiger partial charge in [-0.25, -0.2) is 0 Å². The summed E-state index contributed by atoms with van der Waals surface area (Å²) in [6.07, 6.45) is 17.2. The molecule has 158 valence electrons. The summed E-state index contributed by atoms with van der Waals surface area (Å²) in [5, 5.41) is 8.76. The van der Waals surface area contributed by atoms with Crippen molar-refractivity contribution in [2.75, 3.05) is 0 Å². The molecule has 0 aliphatic carbocycles. The predicted molar refractivity (Wildman–Crippen MR) is 110 cm³/mol. The van der Waals surface area contributed by atoms with E-state index in [1.54, 1.807) is 0 Å². The second-order valence-electron chi connectivity index (χ2n) is 7.88. The van der Waals surface area contributed by atoms with E-state index >= 15 is 0 Å². The van der Waals surface area contributed by atoms with Crippen molar-refractivity contribution in [2.45, 2.75) is 129 Å². The molecule has 4 nitrogen and oxygen atoms in total. The molecule has 0 rings (SSSR count). The van der Waals surface area contributed by atoms with Gasteiger partial charge in [0.05, 0.1) is 0 Å². The molecule has 0 spiro atoms. The van der Waals surface area contributed by atoms with E-state index in [0.717, 1.165) is 44.9 Å². The van der Waals surface area contributed by atoms with Gasteiger partial charge in [0, 0.05) is 0 Å². The molecule has 0 fully saturated rings. The second kappa shape index (κ2) is 22.2. The molecule has 0 heterocycles. The van der Waals surface area contributed by atoms with Crippen molar-refractivity contribution in [1.29, 1.82) is 0 Å². The fourth-order valence-electron chi connectivity index (χ4n) is 3.40. The molecule has 1 atom stereocenters. The molecule has 1 unspecified atom stereocenters. The Morgan fingerprint density at radius 2 is 1.14 bits per heavy atom. The van der Waals surface area contributed by atoms with Crippen LogP contribution < -0.4 is 48.4 Å². The van der Waals surface area contributed by atoms with Crippen LogP contribution in [0, 0.1) is 0 Å². The molecular weight excluding hydrogens is 358 g/mol. The van der Waals surface area contributed by atoms with Crippen molar-refractivity contribution in [2.24, 2.45) is 0 Å². The van der Waals surface area contributed by atoms with E-state index in [-0.39, 0.29) is 51.3 Å². The van der Waals surface area contributed by atoms with E-state index in [0.29, 0.717) is 0 Å². The van der Waals surface area contributed by atoms with E-state index in [4.69, 9.17) is 9.84 Å². The molecule has 28 heavy (non-hydrogen) atoms. The number of rotatable bonds is 18. The molecule has 0 amide bonds. The normalized spacial score (nSPS) is 12.4. The van der Waals surface area contributed by atoms with Crippen LogP contribution in [0.2, 0.25) is 0 Å². The van der Waals surface area contributed by atoms with E-state index in [1.165, 1.54) is 51.4 Å². The predicted octanol–water partition coefficient (Wildman–Crippen LogP) is 0.887. The molecule has 0 aromatic heterocycles. The third kappa shape index (κ3) is 21.3. The molecule has 0 saturated carbocycles. The summed E-state index contributed by atoms with van der Waals surface area (Å²) in [5.74, 6) is -1.73. The van der Waals surface area contributed by atoms with Gasteiger partial charge < -0.3 is 12.7 Å². The van der Waals surface area contributed by atoms with Gasteiger partial charge in [-0.15, -0.1) is 0 Å². The van der Waals surface area contributed by atoms with Crippen molar-refractivity contribution in [3.8, 4) is 0 Å². The van der Waals surface area contributed by atoms with Crippen LogP contribution in [0.25, 0.3) is 0 Å². The number of carbonyl (C=O) groups excluding carboxylic acids is 1. The molecule has 0 bridgehead atoms. The van der Waals surface area contributed by atoms with Gasteiger partial charge in [-0.1, -0.05) is 84.5 Å². The van der Waals surface area contributed by atoms with Gasteiger partial charge in [-0.05, 0) is 32.6 Å². The molecule has 0 saturated heterocycles. The number of unbranched alkanes of at least 4 members (excludes halogenated alkanes) is 11. The van der Waals surface area contributed by atoms with E-state index < -0.39 is 24.0 Å². The Morgan fingerprint density at radius 3 is 1.57 bits per heavy atom. The first-order chi connectivity index (χ1) is 12.4. The van der Waals surface area contributed by atoms with Crippen molar-refractivity contribution in [1.82, 2.24) is 0 Å². The fraction of sp³-hybridized carbons (Fsp3) is 0.909. The maximum absolute atomic E-state index is 11.8. The number of esters is 1. The van der Waals surface area contributed by atoms with Gasteiger partial charge >= 0.3 is 60.4 Å². The number of carboxylic acids is 1. The summed E-state index contributed by atoms with van der Waals surface area (Å²) in [6.45, 7) is 6.36. The molecule has 6 heteroatoms. The van der Waals surface area contributed by atoms with Gasteiger partial charge in [0.2, 0.25) is 0 Å². The number of hydrogen-bond acceptors (Lipinski definition) is 3. The fourth-order valence-corrected chi connectivity index (χ4v) is 3.40. The summed E-state index contributed by atoms with van der Waals surface area (Å²) in [5.41, 5.74) is -0.512. The molecule has 0 aliphatic rings. The van der Waals surface area contributed by atoms with Crippen LogP contribution in [-0.2, 0) is 14.3 Å². The van der Waals surface area contributed by atoms with E-state index in [1.807, 2.05) is 6.92 Å². The number of aliphatic carboxylic acids is 1. The van der Waals surface area contributed by atoms with Gasteiger partial charge in [-0.3, -0.25) is 9.59 Å². The largest absolute Gasteiger partial charge is 1.00 e. The Morgan fingerprint density at radius 1 is 0.786 bits per heavy atom. The molecule has 0 aromatic carbocycles. The SMILES string of the molecule is CCCCCCCCCCCCC(C)(CCCCC)OC(=O)CC(=O)O.[H-].[H-].[Li+].[Na+]. The summed E-state index contributed by atoms with van der Waals surface area (Å²) in [7, 11) is 0. The minimum Gasteiger partial charge on any atom is -1.00 e. The molecular formula is C22H44LiNaO4. The Kier molecular flexibility index (Phi) is 26.3. The van der Waals surface area contributed by atoms with Crippen LogP contribution in [0.1, 0.15) is 126 Å². The van der Waals surface area contributed by atoms with E-state index in [2.05, 4.69) is 13.8 Å². The average molecular weight is 403 g/mol. The van der Waals surface area contributed by atoms with Crippen LogP contribution in [-0.4, -0.2) is 22.6 Å². The Labute approximate surface area is 210 Å². The molecule has 1 N–H and O–H groups in total. The van der Waals surface area contributed by atoms with Gasteiger partial charge in [0.25, 0.3) is 0 Å². The zero-order valence-electron chi connectivity index (χ0n) is 21.5. The number of carboxylic acid groups (broad SMARTS) is 1. The van der Waals surface area contributed by atoms with Crippen LogP contribution in [0.5, 0.6) is 0 Å². The number of carbonyl (C=O) groups is 2. The van der Waals surface area contributed by atoms with Gasteiger partial charge in [-0.2, -0.15) is 0 Å². The summed E-state index contributed by atoms with van der Waals surface area (Å²) in [4.78, 5) is 22.5. The van der Waals surface area contributed by atoms with Crippen molar-refractivity contribution in [3.63, 3.8) is 0 Å². The standard InChI is InChI=1S/C22H42O4.Li.Na.2H/c1-4-6-8-9-10-11-12-13-14-16-18-22(3,17-15-7-5-2)26-21(25)19-20(23)24;;;;/h4-19H2,1-3H3,(H,23,24);;;;/q;2*+1;2*-1. The minimum atomic E-state index is -1.12. The maximum Gasteiger partial charge on any atom is 1.00 e. The van der Waals surface area contributed by atoms with E-state index in [9.17, 15) is 9.59 Å². The zero-order valence-corrected chi connectivity index (χ0v) is 21.5. The first-order valence-corrected chi connectivity index (χ1v) is 10.9. The van der Waals surface area contributed by atoms with Crippen LogP contribution in [0.4, 0.5) is 0 Å². The maximum atomic E-state index is 11.8. The Hall–Kier alpha value is 0.537. The van der Waals surface area contributed by atoms with Gasteiger partial charge in [0.1, 0.15) is 12.0 Å². The van der Waals surface area contributed by atoms with Crippen LogP contribution in [0.15, 0.2) is 0 Å². The minimum absolute atomic E-state index is 0.